The number of hydrogen-bond acceptors (Lipinski definition) is 3. The van der Waals surface area contributed by atoms with Crippen molar-refractivity contribution in [3.8, 4) is 5.75 Å². The molecule has 2 rings (SSSR count). The van der Waals surface area contributed by atoms with Gasteiger partial charge in [0.05, 0.1) is 16.8 Å². The van der Waals surface area contributed by atoms with E-state index in [0.717, 1.165) is 17.9 Å². The number of rotatable bonds is 4. The van der Waals surface area contributed by atoms with Gasteiger partial charge in [-0.3, -0.25) is 0 Å². The lowest BCUT2D eigenvalue weighted by molar-refractivity contribution is 0.430. The van der Waals surface area contributed by atoms with Crippen LogP contribution >= 0.6 is 15.9 Å². The molecule has 0 bridgehead atoms. The highest BCUT2D eigenvalue weighted by molar-refractivity contribution is 9.10. The van der Waals surface area contributed by atoms with Gasteiger partial charge in [-0.15, -0.1) is 0 Å². The number of aromatic hydroxyl groups is 1. The fraction of sp³-hybridized carbons (Fsp3) is 0.231. The van der Waals surface area contributed by atoms with E-state index >= 15 is 0 Å². The van der Waals surface area contributed by atoms with Crippen molar-refractivity contribution in [2.75, 3.05) is 0 Å². The van der Waals surface area contributed by atoms with E-state index in [-0.39, 0.29) is 11.8 Å². The summed E-state index contributed by atoms with van der Waals surface area (Å²) in [6.45, 7) is 2.77. The Labute approximate surface area is 109 Å². The normalized spacial score (nSPS) is 12.6. The van der Waals surface area contributed by atoms with Gasteiger partial charge < -0.3 is 14.8 Å². The molecule has 0 saturated heterocycles. The Bertz CT molecular complexity index is 482. The lowest BCUT2D eigenvalue weighted by Crippen LogP contribution is -2.17. The zero-order valence-electron chi connectivity index (χ0n) is 9.48. The first-order valence-corrected chi connectivity index (χ1v) is 6.20. The number of hydrogen-bond donors (Lipinski definition) is 2. The minimum Gasteiger partial charge on any atom is -0.507 e. The van der Waals surface area contributed by atoms with Crippen LogP contribution in [0.25, 0.3) is 0 Å². The third-order valence-electron chi connectivity index (χ3n) is 2.59. The van der Waals surface area contributed by atoms with Crippen LogP contribution < -0.4 is 5.32 Å². The molecule has 2 N–H and O–H groups in total. The molecule has 1 heterocycles. The van der Waals surface area contributed by atoms with Crippen molar-refractivity contribution in [2.24, 2.45) is 0 Å². The minimum absolute atomic E-state index is 0.164. The van der Waals surface area contributed by atoms with Crippen LogP contribution in [-0.4, -0.2) is 5.11 Å². The van der Waals surface area contributed by atoms with Gasteiger partial charge in [0, 0.05) is 6.54 Å². The number of phenols is 1. The maximum absolute atomic E-state index is 9.39. The summed E-state index contributed by atoms with van der Waals surface area (Å²) in [6, 6.07) is 9.46. The maximum atomic E-state index is 9.39. The van der Waals surface area contributed by atoms with E-state index in [1.165, 1.54) is 0 Å². The standard InChI is InChI=1S/C13H14BrNO2/c1-9(13-3-2-6-17-13)15-8-10-4-5-12(16)11(14)7-10/h2-7,9,15-16H,8H2,1H3. The second-order valence-corrected chi connectivity index (χ2v) is 4.76. The van der Waals surface area contributed by atoms with Crippen LogP contribution in [0.5, 0.6) is 5.75 Å². The largest absolute Gasteiger partial charge is 0.507 e. The Balaban J connectivity index is 1.96. The molecule has 0 aliphatic heterocycles. The van der Waals surface area contributed by atoms with E-state index in [1.54, 1.807) is 12.3 Å². The Morgan fingerprint density at radius 1 is 1.41 bits per heavy atom. The van der Waals surface area contributed by atoms with Gasteiger partial charge in [-0.05, 0) is 52.7 Å². The number of nitrogens with one attached hydrogen (secondary N) is 1. The summed E-state index contributed by atoms with van der Waals surface area (Å²) >= 11 is 3.30. The molecule has 0 radical (unpaired) electrons. The van der Waals surface area contributed by atoms with Gasteiger partial charge in [-0.25, -0.2) is 0 Å². The Kier molecular flexibility index (Phi) is 3.86. The summed E-state index contributed by atoms with van der Waals surface area (Å²) < 4.78 is 6.03. The molecule has 0 aliphatic rings. The lowest BCUT2D eigenvalue weighted by atomic mass is 10.2. The number of benzene rings is 1. The average molecular weight is 296 g/mol. The number of halogens is 1. The molecule has 2 aromatic rings. The minimum atomic E-state index is 0.164. The zero-order chi connectivity index (χ0) is 12.3. The third kappa shape index (κ3) is 3.11. The van der Waals surface area contributed by atoms with Crippen molar-refractivity contribution in [1.29, 1.82) is 0 Å². The molecule has 1 unspecified atom stereocenters. The van der Waals surface area contributed by atoms with Crippen LogP contribution in [0.4, 0.5) is 0 Å². The summed E-state index contributed by atoms with van der Waals surface area (Å²) in [5.74, 6) is 1.18. The summed E-state index contributed by atoms with van der Waals surface area (Å²) in [7, 11) is 0. The Morgan fingerprint density at radius 3 is 2.88 bits per heavy atom. The number of phenolic OH excluding ortho intramolecular Hbond substituents is 1. The molecule has 0 fully saturated rings. The van der Waals surface area contributed by atoms with Gasteiger partial charge in [-0.1, -0.05) is 6.07 Å². The molecule has 4 heteroatoms. The van der Waals surface area contributed by atoms with Crippen molar-refractivity contribution >= 4 is 15.9 Å². The quantitative estimate of drug-likeness (QED) is 0.906. The SMILES string of the molecule is CC(NCc1ccc(O)c(Br)c1)c1ccco1. The van der Waals surface area contributed by atoms with Crippen molar-refractivity contribution in [2.45, 2.75) is 19.5 Å². The smallest absolute Gasteiger partial charge is 0.129 e. The first-order valence-electron chi connectivity index (χ1n) is 5.41. The van der Waals surface area contributed by atoms with Gasteiger partial charge in [0.2, 0.25) is 0 Å². The van der Waals surface area contributed by atoms with E-state index in [9.17, 15) is 5.11 Å². The second kappa shape index (κ2) is 5.38. The van der Waals surface area contributed by atoms with Crippen LogP contribution in [0.3, 0.4) is 0 Å². The zero-order valence-corrected chi connectivity index (χ0v) is 11.1. The van der Waals surface area contributed by atoms with Crippen molar-refractivity contribution < 1.29 is 9.52 Å². The fourth-order valence-electron chi connectivity index (χ4n) is 1.57. The second-order valence-electron chi connectivity index (χ2n) is 3.90. The fourth-order valence-corrected chi connectivity index (χ4v) is 2.00. The van der Waals surface area contributed by atoms with Crippen molar-refractivity contribution in [3.63, 3.8) is 0 Å². The van der Waals surface area contributed by atoms with Crippen LogP contribution in [0.15, 0.2) is 45.5 Å². The molecule has 0 spiro atoms. The predicted octanol–water partition coefficient (Wildman–Crippen LogP) is 3.60. The molecular weight excluding hydrogens is 282 g/mol. The first-order chi connectivity index (χ1) is 8.16. The molecule has 0 aliphatic carbocycles. The maximum Gasteiger partial charge on any atom is 0.129 e. The van der Waals surface area contributed by atoms with Gasteiger partial charge in [0.1, 0.15) is 11.5 Å². The van der Waals surface area contributed by atoms with Gasteiger partial charge in [0.25, 0.3) is 0 Å². The van der Waals surface area contributed by atoms with E-state index in [2.05, 4.69) is 21.2 Å². The van der Waals surface area contributed by atoms with E-state index in [1.807, 2.05) is 31.2 Å². The highest BCUT2D eigenvalue weighted by Crippen LogP contribution is 2.24. The molecular formula is C13H14BrNO2. The van der Waals surface area contributed by atoms with Gasteiger partial charge in [-0.2, -0.15) is 0 Å². The number of furan rings is 1. The van der Waals surface area contributed by atoms with Crippen LogP contribution in [0.2, 0.25) is 0 Å². The van der Waals surface area contributed by atoms with E-state index in [0.29, 0.717) is 4.47 Å². The third-order valence-corrected chi connectivity index (χ3v) is 3.23. The predicted molar refractivity (Wildman–Crippen MR) is 69.8 cm³/mol. The summed E-state index contributed by atoms with van der Waals surface area (Å²) in [5.41, 5.74) is 1.10. The topological polar surface area (TPSA) is 45.4 Å². The molecule has 90 valence electrons. The van der Waals surface area contributed by atoms with Crippen molar-refractivity contribution in [3.05, 3.63) is 52.4 Å². The molecule has 1 atom stereocenters. The first kappa shape index (κ1) is 12.2. The highest BCUT2D eigenvalue weighted by Gasteiger charge is 2.07. The Hall–Kier alpha value is -1.26. The van der Waals surface area contributed by atoms with Crippen LogP contribution in [-0.2, 0) is 6.54 Å². The molecule has 0 amide bonds. The lowest BCUT2D eigenvalue weighted by Gasteiger charge is -2.11. The van der Waals surface area contributed by atoms with Gasteiger partial charge >= 0.3 is 0 Å². The Morgan fingerprint density at radius 2 is 2.24 bits per heavy atom. The van der Waals surface area contributed by atoms with Crippen LogP contribution in [0.1, 0.15) is 24.3 Å². The average Bonchev–Trinajstić information content (AvgIpc) is 2.84. The molecule has 1 aromatic heterocycles. The summed E-state index contributed by atoms with van der Waals surface area (Å²) in [5, 5.41) is 12.7. The molecule has 17 heavy (non-hydrogen) atoms. The van der Waals surface area contributed by atoms with Crippen molar-refractivity contribution in [1.82, 2.24) is 5.32 Å². The molecule has 0 saturated carbocycles. The van der Waals surface area contributed by atoms with Crippen LogP contribution in [0, 0.1) is 0 Å². The van der Waals surface area contributed by atoms with E-state index < -0.39 is 0 Å². The monoisotopic (exact) mass is 295 g/mol. The molecule has 1 aromatic carbocycles. The highest BCUT2D eigenvalue weighted by atomic mass is 79.9. The van der Waals surface area contributed by atoms with E-state index in [4.69, 9.17) is 4.42 Å². The summed E-state index contributed by atoms with van der Waals surface area (Å²) in [4.78, 5) is 0. The molecule has 3 nitrogen and oxygen atoms in total. The summed E-state index contributed by atoms with van der Waals surface area (Å²) in [6.07, 6.45) is 1.67. The van der Waals surface area contributed by atoms with Gasteiger partial charge in [0.15, 0.2) is 0 Å².